The SMILES string of the molecule is C=CC(CCCCn1nc(C)c2c1CCN(c1cc(C)nc3c1cnn3C)C2)NC=O. The zero-order chi connectivity index (χ0) is 22.0. The number of rotatable bonds is 9. The van der Waals surface area contributed by atoms with Crippen LogP contribution in [-0.2, 0) is 31.4 Å². The van der Waals surface area contributed by atoms with E-state index in [2.05, 4.69) is 44.6 Å². The van der Waals surface area contributed by atoms with Gasteiger partial charge in [0, 0.05) is 56.1 Å². The van der Waals surface area contributed by atoms with E-state index < -0.39 is 0 Å². The third-order valence-electron chi connectivity index (χ3n) is 6.19. The third-order valence-corrected chi connectivity index (χ3v) is 6.19. The monoisotopic (exact) mass is 421 g/mol. The van der Waals surface area contributed by atoms with Gasteiger partial charge in [-0.1, -0.05) is 6.08 Å². The molecule has 0 fully saturated rings. The molecule has 0 radical (unpaired) electrons. The van der Waals surface area contributed by atoms with Gasteiger partial charge < -0.3 is 10.2 Å². The number of aromatic nitrogens is 5. The van der Waals surface area contributed by atoms with Gasteiger partial charge in [0.05, 0.1) is 23.0 Å². The van der Waals surface area contributed by atoms with Crippen molar-refractivity contribution in [2.24, 2.45) is 7.05 Å². The number of nitrogens with one attached hydrogen (secondary N) is 1. The molecule has 1 N–H and O–H groups in total. The second-order valence-corrected chi connectivity index (χ2v) is 8.32. The van der Waals surface area contributed by atoms with E-state index in [-0.39, 0.29) is 6.04 Å². The zero-order valence-corrected chi connectivity index (χ0v) is 18.6. The number of carbonyl (C=O) groups is 1. The van der Waals surface area contributed by atoms with E-state index >= 15 is 0 Å². The minimum Gasteiger partial charge on any atom is -0.366 e. The van der Waals surface area contributed by atoms with Crippen LogP contribution < -0.4 is 10.2 Å². The number of aryl methyl sites for hydroxylation is 4. The number of pyridine rings is 1. The van der Waals surface area contributed by atoms with Crippen LogP contribution in [0.2, 0.25) is 0 Å². The van der Waals surface area contributed by atoms with E-state index in [1.54, 1.807) is 6.08 Å². The topological polar surface area (TPSA) is 80.9 Å². The summed E-state index contributed by atoms with van der Waals surface area (Å²) >= 11 is 0. The Morgan fingerprint density at radius 3 is 2.94 bits per heavy atom. The van der Waals surface area contributed by atoms with Gasteiger partial charge >= 0.3 is 0 Å². The number of amides is 1. The molecule has 3 aromatic heterocycles. The lowest BCUT2D eigenvalue weighted by Crippen LogP contribution is -2.31. The fourth-order valence-electron chi connectivity index (χ4n) is 4.52. The molecule has 8 nitrogen and oxygen atoms in total. The first-order valence-electron chi connectivity index (χ1n) is 10.9. The summed E-state index contributed by atoms with van der Waals surface area (Å²) in [6.07, 6.45) is 8.38. The van der Waals surface area contributed by atoms with Crippen molar-refractivity contribution in [2.75, 3.05) is 11.4 Å². The molecular formula is C23H31N7O. The molecule has 1 aliphatic rings. The first kappa shape index (κ1) is 21.1. The number of hydrogen-bond acceptors (Lipinski definition) is 5. The molecule has 1 aliphatic heterocycles. The zero-order valence-electron chi connectivity index (χ0n) is 18.6. The highest BCUT2D eigenvalue weighted by molar-refractivity contribution is 5.89. The molecule has 0 saturated carbocycles. The highest BCUT2D eigenvalue weighted by Crippen LogP contribution is 2.32. The summed E-state index contributed by atoms with van der Waals surface area (Å²) in [5, 5.41) is 13.1. The average Bonchev–Trinajstić information content (AvgIpc) is 3.29. The number of unbranched alkanes of at least 4 members (excludes halogenated alkanes) is 1. The molecule has 1 amide bonds. The fourth-order valence-corrected chi connectivity index (χ4v) is 4.52. The molecule has 31 heavy (non-hydrogen) atoms. The van der Waals surface area contributed by atoms with Crippen LogP contribution in [0.3, 0.4) is 0 Å². The highest BCUT2D eigenvalue weighted by atomic mass is 16.1. The number of hydrogen-bond donors (Lipinski definition) is 1. The van der Waals surface area contributed by atoms with Gasteiger partial charge in [0.2, 0.25) is 6.41 Å². The lowest BCUT2D eigenvalue weighted by atomic mass is 10.0. The van der Waals surface area contributed by atoms with Crippen LogP contribution in [0.15, 0.2) is 24.9 Å². The Balaban J connectivity index is 1.47. The normalized spacial score (nSPS) is 14.5. The van der Waals surface area contributed by atoms with Crippen LogP contribution in [0.5, 0.6) is 0 Å². The molecule has 4 heterocycles. The van der Waals surface area contributed by atoms with E-state index in [9.17, 15) is 4.79 Å². The molecule has 3 aromatic rings. The second kappa shape index (κ2) is 8.91. The fraction of sp³-hybridized carbons (Fsp3) is 0.478. The smallest absolute Gasteiger partial charge is 0.207 e. The maximum Gasteiger partial charge on any atom is 0.207 e. The van der Waals surface area contributed by atoms with Gasteiger partial charge in [-0.05, 0) is 39.2 Å². The molecule has 1 unspecified atom stereocenters. The van der Waals surface area contributed by atoms with Crippen LogP contribution in [0.25, 0.3) is 11.0 Å². The number of nitrogens with zero attached hydrogens (tertiary/aromatic N) is 6. The second-order valence-electron chi connectivity index (χ2n) is 8.32. The lowest BCUT2D eigenvalue weighted by Gasteiger charge is -2.30. The Morgan fingerprint density at radius 1 is 1.32 bits per heavy atom. The molecular weight excluding hydrogens is 390 g/mol. The van der Waals surface area contributed by atoms with Gasteiger partial charge in [-0.2, -0.15) is 10.2 Å². The summed E-state index contributed by atoms with van der Waals surface area (Å²) < 4.78 is 4.03. The van der Waals surface area contributed by atoms with Crippen LogP contribution in [0.1, 0.15) is 41.9 Å². The molecule has 0 saturated heterocycles. The molecule has 8 heteroatoms. The molecule has 0 aromatic carbocycles. The minimum atomic E-state index is 0.0486. The van der Waals surface area contributed by atoms with E-state index in [0.717, 1.165) is 74.1 Å². The maximum absolute atomic E-state index is 10.6. The van der Waals surface area contributed by atoms with E-state index in [1.807, 2.05) is 24.9 Å². The van der Waals surface area contributed by atoms with Crippen molar-refractivity contribution in [3.05, 3.63) is 47.6 Å². The molecule has 1 atom stereocenters. The summed E-state index contributed by atoms with van der Waals surface area (Å²) in [6, 6.07) is 2.21. The van der Waals surface area contributed by atoms with Gasteiger partial charge in [0.15, 0.2) is 5.65 Å². The molecule has 0 spiro atoms. The van der Waals surface area contributed by atoms with Crippen LogP contribution in [0, 0.1) is 13.8 Å². The Morgan fingerprint density at radius 2 is 2.16 bits per heavy atom. The first-order valence-corrected chi connectivity index (χ1v) is 10.9. The Hall–Kier alpha value is -3.16. The van der Waals surface area contributed by atoms with Crippen molar-refractivity contribution < 1.29 is 4.79 Å². The summed E-state index contributed by atoms with van der Waals surface area (Å²) in [5.74, 6) is 0. The van der Waals surface area contributed by atoms with Crippen molar-refractivity contribution in [2.45, 2.75) is 58.7 Å². The van der Waals surface area contributed by atoms with Crippen LogP contribution >= 0.6 is 0 Å². The Bertz CT molecular complexity index is 1100. The largest absolute Gasteiger partial charge is 0.366 e. The van der Waals surface area contributed by atoms with Crippen molar-refractivity contribution >= 4 is 23.1 Å². The molecule has 164 valence electrons. The summed E-state index contributed by atoms with van der Waals surface area (Å²) in [4.78, 5) is 17.7. The average molecular weight is 422 g/mol. The summed E-state index contributed by atoms with van der Waals surface area (Å²) in [5.41, 5.74) is 6.94. The predicted octanol–water partition coefficient (Wildman–Crippen LogP) is 2.82. The van der Waals surface area contributed by atoms with Crippen molar-refractivity contribution in [3.8, 4) is 0 Å². The highest BCUT2D eigenvalue weighted by Gasteiger charge is 2.25. The Kier molecular flexibility index (Phi) is 6.06. The quantitative estimate of drug-likeness (QED) is 0.326. The molecule has 0 aliphatic carbocycles. The van der Waals surface area contributed by atoms with Gasteiger partial charge in [-0.15, -0.1) is 6.58 Å². The number of carbonyl (C=O) groups excluding carboxylic acids is 1. The lowest BCUT2D eigenvalue weighted by molar-refractivity contribution is -0.109. The van der Waals surface area contributed by atoms with Crippen LogP contribution in [0.4, 0.5) is 5.69 Å². The number of fused-ring (bicyclic) bond motifs is 2. The third kappa shape index (κ3) is 4.19. The van der Waals surface area contributed by atoms with Gasteiger partial charge in [0.1, 0.15) is 0 Å². The summed E-state index contributed by atoms with van der Waals surface area (Å²) in [7, 11) is 1.94. The van der Waals surface area contributed by atoms with E-state index in [1.165, 1.54) is 16.9 Å². The standard InChI is InChI=1S/C23H31N7O/c1-5-18(24-15-31)8-6-7-10-30-21-9-11-29(14-20(21)17(3)27-30)22-12-16(2)26-23-19(22)13-25-28(23)4/h5,12-13,15,18H,1,6-11,14H2,2-4H3,(H,24,31). The maximum atomic E-state index is 10.6. The van der Waals surface area contributed by atoms with Crippen LogP contribution in [-0.4, -0.2) is 43.5 Å². The van der Waals surface area contributed by atoms with Crippen molar-refractivity contribution in [1.29, 1.82) is 0 Å². The first-order chi connectivity index (χ1) is 15.0. The van der Waals surface area contributed by atoms with Gasteiger partial charge in [0.25, 0.3) is 0 Å². The minimum absolute atomic E-state index is 0.0486. The van der Waals surface area contributed by atoms with E-state index in [4.69, 9.17) is 5.10 Å². The van der Waals surface area contributed by atoms with Gasteiger partial charge in [-0.25, -0.2) is 4.98 Å². The summed E-state index contributed by atoms with van der Waals surface area (Å²) in [6.45, 7) is 10.6. The van der Waals surface area contributed by atoms with Gasteiger partial charge in [-0.3, -0.25) is 14.2 Å². The van der Waals surface area contributed by atoms with E-state index in [0.29, 0.717) is 0 Å². The van der Waals surface area contributed by atoms with Crippen molar-refractivity contribution in [3.63, 3.8) is 0 Å². The number of anilines is 1. The molecule has 0 bridgehead atoms. The Labute approximate surface area is 182 Å². The van der Waals surface area contributed by atoms with Crippen molar-refractivity contribution in [1.82, 2.24) is 29.9 Å². The predicted molar refractivity (Wildman–Crippen MR) is 122 cm³/mol. The molecule has 4 rings (SSSR count).